The van der Waals surface area contributed by atoms with Gasteiger partial charge in [0.25, 0.3) is 11.8 Å². The Balaban J connectivity index is 1.37. The van der Waals surface area contributed by atoms with Gasteiger partial charge in [0.1, 0.15) is 5.75 Å². The van der Waals surface area contributed by atoms with Gasteiger partial charge >= 0.3 is 5.97 Å². The number of hydrogen-bond donors (Lipinski definition) is 0. The Bertz CT molecular complexity index is 1020. The molecular weight excluding hydrogens is 374 g/mol. The summed E-state index contributed by atoms with van der Waals surface area (Å²) in [4.78, 5) is 39.6. The van der Waals surface area contributed by atoms with Gasteiger partial charge in [-0.15, -0.1) is 0 Å². The summed E-state index contributed by atoms with van der Waals surface area (Å²) in [5.74, 6) is 0.207. The van der Waals surface area contributed by atoms with Crippen molar-refractivity contribution < 1.29 is 28.6 Å². The lowest BCUT2D eigenvalue weighted by Crippen LogP contribution is -2.40. The Hall–Kier alpha value is -3.35. The van der Waals surface area contributed by atoms with Crippen LogP contribution in [0.25, 0.3) is 0 Å². The third-order valence-electron chi connectivity index (χ3n) is 5.65. The molecule has 2 heterocycles. The molecule has 0 radical (unpaired) electrons. The number of ether oxygens (including phenoxy) is 3. The Labute approximate surface area is 167 Å². The van der Waals surface area contributed by atoms with Crippen LogP contribution in [0.3, 0.4) is 0 Å². The topological polar surface area (TPSA) is 82.1 Å². The molecule has 7 heteroatoms. The highest BCUT2D eigenvalue weighted by Crippen LogP contribution is 2.36. The first-order chi connectivity index (χ1) is 14.1. The van der Waals surface area contributed by atoms with E-state index in [1.54, 1.807) is 18.2 Å². The summed E-state index contributed by atoms with van der Waals surface area (Å²) in [6, 6.07) is 9.30. The lowest BCUT2D eigenvalue weighted by atomic mass is 9.94. The minimum Gasteiger partial charge on any atom is -0.454 e. The zero-order valence-electron chi connectivity index (χ0n) is 15.7. The quantitative estimate of drug-likeness (QED) is 0.451. The minimum atomic E-state index is -0.608. The first-order valence-electron chi connectivity index (χ1n) is 9.75. The average molecular weight is 393 g/mol. The molecule has 0 aromatic heterocycles. The van der Waals surface area contributed by atoms with Crippen LogP contribution in [-0.4, -0.2) is 35.5 Å². The van der Waals surface area contributed by atoms with Crippen LogP contribution in [0.2, 0.25) is 0 Å². The van der Waals surface area contributed by atoms with E-state index in [4.69, 9.17) is 14.2 Å². The molecule has 0 saturated heterocycles. The van der Waals surface area contributed by atoms with Gasteiger partial charge in [-0.2, -0.15) is 0 Å². The van der Waals surface area contributed by atoms with Crippen LogP contribution < -0.4 is 14.2 Å². The van der Waals surface area contributed by atoms with E-state index in [1.165, 1.54) is 23.1 Å². The average Bonchev–Trinajstić information content (AvgIpc) is 3.31. The van der Waals surface area contributed by atoms with Gasteiger partial charge in [0.2, 0.25) is 6.79 Å². The highest BCUT2D eigenvalue weighted by molar-refractivity contribution is 6.22. The fraction of sp³-hybridized carbons (Fsp3) is 0.318. The highest BCUT2D eigenvalue weighted by atomic mass is 16.7. The van der Waals surface area contributed by atoms with Crippen LogP contribution in [0.1, 0.15) is 63.2 Å². The van der Waals surface area contributed by atoms with Gasteiger partial charge in [-0.25, -0.2) is 4.79 Å². The van der Waals surface area contributed by atoms with Crippen LogP contribution >= 0.6 is 0 Å². The third-order valence-corrected chi connectivity index (χ3v) is 5.65. The van der Waals surface area contributed by atoms with Crippen molar-refractivity contribution in [3.63, 3.8) is 0 Å². The van der Waals surface area contributed by atoms with Gasteiger partial charge in [0.05, 0.1) is 16.7 Å². The molecule has 7 nitrogen and oxygen atoms in total. The molecule has 148 valence electrons. The van der Waals surface area contributed by atoms with Crippen LogP contribution in [0.15, 0.2) is 36.4 Å². The van der Waals surface area contributed by atoms with E-state index in [2.05, 4.69) is 0 Å². The molecule has 5 rings (SSSR count). The first kappa shape index (κ1) is 17.7. The SMILES string of the molecule is O=C(Oc1ccc2c(c1)OCO2)c1ccc2c(c1)C(=O)N(C1CCCCC1)C2=O. The van der Waals surface area contributed by atoms with Crippen LogP contribution in [0.5, 0.6) is 17.2 Å². The van der Waals surface area contributed by atoms with Crippen molar-refractivity contribution >= 4 is 17.8 Å². The van der Waals surface area contributed by atoms with Crippen molar-refractivity contribution in [1.82, 2.24) is 4.90 Å². The molecule has 2 amide bonds. The maximum absolute atomic E-state index is 12.9. The van der Waals surface area contributed by atoms with Crippen molar-refractivity contribution in [3.05, 3.63) is 53.1 Å². The molecule has 0 bridgehead atoms. The number of nitrogens with zero attached hydrogens (tertiary/aromatic N) is 1. The Morgan fingerprint density at radius 2 is 1.66 bits per heavy atom. The standard InChI is InChI=1S/C22H19NO6/c24-20-16-8-6-13(10-17(16)21(25)23(20)14-4-2-1-3-5-14)22(26)29-15-7-9-18-19(11-15)28-12-27-18/h6-11,14H,1-5,12H2. The maximum atomic E-state index is 12.9. The molecule has 2 aromatic carbocycles. The van der Waals surface area contributed by atoms with Gasteiger partial charge in [-0.1, -0.05) is 19.3 Å². The Kier molecular flexibility index (Phi) is 4.23. The largest absolute Gasteiger partial charge is 0.454 e. The number of hydrogen-bond acceptors (Lipinski definition) is 6. The second-order valence-electron chi connectivity index (χ2n) is 7.44. The molecule has 1 aliphatic carbocycles. The monoisotopic (exact) mass is 393 g/mol. The van der Waals surface area contributed by atoms with Gasteiger partial charge in [0.15, 0.2) is 11.5 Å². The number of carbonyl (C=O) groups excluding carboxylic acids is 3. The molecule has 3 aliphatic rings. The Morgan fingerprint density at radius 3 is 2.48 bits per heavy atom. The van der Waals surface area contributed by atoms with E-state index in [9.17, 15) is 14.4 Å². The summed E-state index contributed by atoms with van der Waals surface area (Å²) >= 11 is 0. The van der Waals surface area contributed by atoms with Crippen molar-refractivity contribution in [1.29, 1.82) is 0 Å². The molecule has 1 saturated carbocycles. The number of amides is 2. The second kappa shape index (κ2) is 6.92. The summed E-state index contributed by atoms with van der Waals surface area (Å²) < 4.78 is 15.9. The van der Waals surface area contributed by atoms with Crippen molar-refractivity contribution in [3.8, 4) is 17.2 Å². The summed E-state index contributed by atoms with van der Waals surface area (Å²) in [5.41, 5.74) is 0.828. The fourth-order valence-electron chi connectivity index (χ4n) is 4.16. The smallest absolute Gasteiger partial charge is 0.343 e. The number of fused-ring (bicyclic) bond motifs is 2. The lowest BCUT2D eigenvalue weighted by Gasteiger charge is -2.29. The predicted octanol–water partition coefficient (Wildman–Crippen LogP) is 3.56. The zero-order valence-corrected chi connectivity index (χ0v) is 15.7. The van der Waals surface area contributed by atoms with Gasteiger partial charge in [-0.05, 0) is 43.2 Å². The number of esters is 1. The first-order valence-corrected chi connectivity index (χ1v) is 9.75. The molecule has 0 N–H and O–H groups in total. The number of carbonyl (C=O) groups is 3. The molecule has 29 heavy (non-hydrogen) atoms. The third kappa shape index (κ3) is 3.03. The number of rotatable bonds is 3. The van der Waals surface area contributed by atoms with E-state index in [0.29, 0.717) is 22.8 Å². The number of imide groups is 1. The van der Waals surface area contributed by atoms with E-state index in [1.807, 2.05) is 0 Å². The van der Waals surface area contributed by atoms with Gasteiger partial charge < -0.3 is 14.2 Å². The summed E-state index contributed by atoms with van der Waals surface area (Å²) in [7, 11) is 0. The molecular formula is C22H19NO6. The van der Waals surface area contributed by atoms with Crippen LogP contribution in [0.4, 0.5) is 0 Å². The summed E-state index contributed by atoms with van der Waals surface area (Å²) in [5, 5.41) is 0. The second-order valence-corrected chi connectivity index (χ2v) is 7.44. The van der Waals surface area contributed by atoms with E-state index < -0.39 is 5.97 Å². The minimum absolute atomic E-state index is 0.0554. The van der Waals surface area contributed by atoms with Gasteiger partial charge in [0, 0.05) is 12.1 Å². The van der Waals surface area contributed by atoms with Crippen molar-refractivity contribution in [2.45, 2.75) is 38.1 Å². The van der Waals surface area contributed by atoms with Crippen molar-refractivity contribution in [2.24, 2.45) is 0 Å². The Morgan fingerprint density at radius 1 is 0.897 bits per heavy atom. The molecule has 2 aromatic rings. The van der Waals surface area contributed by atoms with E-state index in [0.717, 1.165) is 32.1 Å². The molecule has 1 fully saturated rings. The van der Waals surface area contributed by atoms with E-state index in [-0.39, 0.29) is 35.8 Å². The maximum Gasteiger partial charge on any atom is 0.343 e. The fourth-order valence-corrected chi connectivity index (χ4v) is 4.16. The van der Waals surface area contributed by atoms with Crippen LogP contribution in [0, 0.1) is 0 Å². The van der Waals surface area contributed by atoms with Crippen molar-refractivity contribution in [2.75, 3.05) is 6.79 Å². The molecule has 0 atom stereocenters. The summed E-state index contributed by atoms with van der Waals surface area (Å²) in [6.07, 6.45) is 4.85. The van der Waals surface area contributed by atoms with Gasteiger partial charge in [-0.3, -0.25) is 14.5 Å². The molecule has 0 unspecified atom stereocenters. The number of benzene rings is 2. The van der Waals surface area contributed by atoms with Crippen LogP contribution in [-0.2, 0) is 0 Å². The highest BCUT2D eigenvalue weighted by Gasteiger charge is 2.40. The lowest BCUT2D eigenvalue weighted by molar-refractivity contribution is 0.0548. The predicted molar refractivity (Wildman–Crippen MR) is 101 cm³/mol. The van der Waals surface area contributed by atoms with E-state index >= 15 is 0 Å². The summed E-state index contributed by atoms with van der Waals surface area (Å²) in [6.45, 7) is 0.130. The zero-order chi connectivity index (χ0) is 20.0. The molecule has 2 aliphatic heterocycles. The molecule has 0 spiro atoms. The normalized spacial score (nSPS) is 18.1.